The molecule has 0 spiro atoms. The zero-order valence-electron chi connectivity index (χ0n) is 21.0. The van der Waals surface area contributed by atoms with Crippen LogP contribution >= 0.6 is 23.1 Å². The summed E-state index contributed by atoms with van der Waals surface area (Å²) in [7, 11) is 1.57. The van der Waals surface area contributed by atoms with Crippen molar-refractivity contribution in [1.82, 2.24) is 30.4 Å². The molecule has 0 saturated heterocycles. The van der Waals surface area contributed by atoms with E-state index in [1.165, 1.54) is 23.1 Å². The summed E-state index contributed by atoms with van der Waals surface area (Å²) < 4.78 is 19.0. The second kappa shape index (κ2) is 11.6. The summed E-state index contributed by atoms with van der Waals surface area (Å²) in [5.74, 6) is 1.49. The summed E-state index contributed by atoms with van der Waals surface area (Å²) in [4.78, 5) is 13.4. The minimum Gasteiger partial charge on any atom is -0.493 e. The number of anilines is 1. The number of aromatic nitrogens is 6. The predicted molar refractivity (Wildman–Crippen MR) is 143 cm³/mol. The molecular weight excluding hydrogens is 526 g/mol. The van der Waals surface area contributed by atoms with Crippen molar-refractivity contribution in [3.05, 3.63) is 65.4 Å². The first kappa shape index (κ1) is 25.7. The Morgan fingerprint density at radius 1 is 1.08 bits per heavy atom. The normalized spacial score (nSPS) is 14.6. The Labute approximate surface area is 227 Å². The number of hydrogen-bond acceptors (Lipinski definition) is 12. The topological polar surface area (TPSA) is 126 Å². The Kier molecular flexibility index (Phi) is 7.84. The van der Waals surface area contributed by atoms with Crippen molar-refractivity contribution in [1.29, 1.82) is 0 Å². The minimum absolute atomic E-state index is 0.224. The second-order valence-corrected chi connectivity index (χ2v) is 10.2. The fourth-order valence-electron chi connectivity index (χ4n) is 4.03. The van der Waals surface area contributed by atoms with E-state index in [9.17, 15) is 4.79 Å². The number of nitrogens with zero attached hydrogens (tertiary/aromatic N) is 6. The minimum atomic E-state index is -0.644. The van der Waals surface area contributed by atoms with Gasteiger partial charge in [-0.2, -0.15) is 4.68 Å². The predicted octanol–water partition coefficient (Wildman–Crippen LogP) is 4.22. The van der Waals surface area contributed by atoms with Crippen LogP contribution in [0.3, 0.4) is 0 Å². The molecule has 4 aromatic rings. The van der Waals surface area contributed by atoms with E-state index in [1.807, 2.05) is 55.5 Å². The number of nitrogens with one attached hydrogen (secondary N) is 1. The molecule has 11 nitrogen and oxygen atoms in total. The second-order valence-electron chi connectivity index (χ2n) is 7.96. The van der Waals surface area contributed by atoms with Gasteiger partial charge in [0.1, 0.15) is 11.0 Å². The molecule has 0 aliphatic carbocycles. The van der Waals surface area contributed by atoms with Crippen molar-refractivity contribution in [3.63, 3.8) is 0 Å². The lowest BCUT2D eigenvalue weighted by atomic mass is 9.95. The van der Waals surface area contributed by atoms with E-state index in [2.05, 4.69) is 31.0 Å². The van der Waals surface area contributed by atoms with Gasteiger partial charge in [-0.25, -0.2) is 4.79 Å². The molecule has 5 rings (SSSR count). The van der Waals surface area contributed by atoms with E-state index >= 15 is 0 Å². The highest BCUT2D eigenvalue weighted by atomic mass is 32.2. The SMILES string of the molecule is CCOC(=O)C1=C(CSc2nnc(-c3ccccc3)s2)Nc2nnnn2C1c1ccc(OCC)c(OC)c1. The van der Waals surface area contributed by atoms with Gasteiger partial charge in [-0.05, 0) is 42.0 Å². The van der Waals surface area contributed by atoms with Crippen LogP contribution in [0.2, 0.25) is 0 Å². The van der Waals surface area contributed by atoms with Crippen LogP contribution in [-0.4, -0.2) is 62.5 Å². The third-order valence-electron chi connectivity index (χ3n) is 5.66. The van der Waals surface area contributed by atoms with Gasteiger partial charge in [-0.15, -0.1) is 10.2 Å². The number of thioether (sulfide) groups is 1. The van der Waals surface area contributed by atoms with Crippen LogP contribution in [0.25, 0.3) is 10.6 Å². The van der Waals surface area contributed by atoms with E-state index in [4.69, 9.17) is 14.2 Å². The lowest BCUT2D eigenvalue weighted by Crippen LogP contribution is -2.31. The average Bonchev–Trinajstić information content (AvgIpc) is 3.62. The molecular formula is C25H25N7O4S2. The fraction of sp³-hybridized carbons (Fsp3) is 0.280. The standard InChI is InChI=1S/C25H25N7O4S2/c1-4-35-18-12-11-16(13-19(18)34-3)21-20(23(33)36-5-2)17(26-24-28-30-31-32(21)24)14-37-25-29-27-22(38-25)15-9-7-6-8-10-15/h6-13,21H,4-5,14H2,1-3H3,(H,26,28,31). The van der Waals surface area contributed by atoms with Gasteiger partial charge in [-0.3, -0.25) is 0 Å². The van der Waals surface area contributed by atoms with Crippen molar-refractivity contribution in [3.8, 4) is 22.1 Å². The highest BCUT2D eigenvalue weighted by Gasteiger charge is 2.36. The number of esters is 1. The molecule has 3 heterocycles. The van der Waals surface area contributed by atoms with E-state index in [-0.39, 0.29) is 6.61 Å². The first-order chi connectivity index (χ1) is 18.6. The van der Waals surface area contributed by atoms with Crippen LogP contribution < -0.4 is 14.8 Å². The molecule has 1 unspecified atom stereocenters. The highest BCUT2D eigenvalue weighted by molar-refractivity contribution is 8.01. The van der Waals surface area contributed by atoms with E-state index < -0.39 is 12.0 Å². The van der Waals surface area contributed by atoms with Gasteiger partial charge in [0.15, 0.2) is 15.8 Å². The summed E-state index contributed by atoms with van der Waals surface area (Å²) in [5, 5.41) is 24.8. The highest BCUT2D eigenvalue weighted by Crippen LogP contribution is 2.40. The van der Waals surface area contributed by atoms with Gasteiger partial charge in [-0.1, -0.05) is 64.6 Å². The lowest BCUT2D eigenvalue weighted by molar-refractivity contribution is -0.139. The summed E-state index contributed by atoms with van der Waals surface area (Å²) in [6.07, 6.45) is 0. The molecule has 0 bridgehead atoms. The molecule has 1 aliphatic heterocycles. The zero-order chi connectivity index (χ0) is 26.5. The maximum absolute atomic E-state index is 13.4. The third-order valence-corrected chi connectivity index (χ3v) is 7.80. The number of hydrogen-bond donors (Lipinski definition) is 1. The maximum atomic E-state index is 13.4. The van der Waals surface area contributed by atoms with Gasteiger partial charge in [0.2, 0.25) is 5.95 Å². The van der Waals surface area contributed by atoms with Crippen molar-refractivity contribution >= 4 is 35.0 Å². The fourth-order valence-corrected chi connectivity index (χ4v) is 5.86. The number of carbonyl (C=O) groups is 1. The van der Waals surface area contributed by atoms with Crippen LogP contribution in [0, 0.1) is 0 Å². The molecule has 0 saturated carbocycles. The van der Waals surface area contributed by atoms with Gasteiger partial charge in [0, 0.05) is 17.0 Å². The average molecular weight is 552 g/mol. The van der Waals surface area contributed by atoms with Gasteiger partial charge in [0.05, 0.1) is 25.9 Å². The van der Waals surface area contributed by atoms with Crippen molar-refractivity contribution < 1.29 is 19.0 Å². The monoisotopic (exact) mass is 551 g/mol. The van der Waals surface area contributed by atoms with E-state index in [0.29, 0.717) is 41.1 Å². The van der Waals surface area contributed by atoms with Crippen LogP contribution in [0.15, 0.2) is 64.1 Å². The van der Waals surface area contributed by atoms with Gasteiger partial charge >= 0.3 is 5.97 Å². The van der Waals surface area contributed by atoms with Crippen molar-refractivity contribution in [2.24, 2.45) is 0 Å². The maximum Gasteiger partial charge on any atom is 0.338 e. The smallest absolute Gasteiger partial charge is 0.338 e. The first-order valence-corrected chi connectivity index (χ1v) is 13.7. The quantitative estimate of drug-likeness (QED) is 0.225. The number of methoxy groups -OCH3 is 1. The van der Waals surface area contributed by atoms with Crippen molar-refractivity contribution in [2.75, 3.05) is 31.4 Å². The van der Waals surface area contributed by atoms with Crippen molar-refractivity contribution in [2.45, 2.75) is 24.2 Å². The summed E-state index contributed by atoms with van der Waals surface area (Å²) in [5.41, 5.74) is 2.78. The lowest BCUT2D eigenvalue weighted by Gasteiger charge is -2.28. The third kappa shape index (κ3) is 5.20. The summed E-state index contributed by atoms with van der Waals surface area (Å²) in [6.45, 7) is 4.39. The van der Waals surface area contributed by atoms with Crippen LogP contribution in [-0.2, 0) is 9.53 Å². The van der Waals surface area contributed by atoms with Crippen LogP contribution in [0.5, 0.6) is 11.5 Å². The van der Waals surface area contributed by atoms with E-state index in [1.54, 1.807) is 18.7 Å². The first-order valence-electron chi connectivity index (χ1n) is 11.9. The number of tetrazole rings is 1. The molecule has 1 atom stereocenters. The Balaban J connectivity index is 1.51. The molecule has 196 valence electrons. The molecule has 38 heavy (non-hydrogen) atoms. The Bertz CT molecular complexity index is 1450. The molecule has 1 aliphatic rings. The van der Waals surface area contributed by atoms with E-state index in [0.717, 1.165) is 20.5 Å². The molecule has 2 aromatic heterocycles. The number of fused-ring (bicyclic) bond motifs is 1. The molecule has 2 aromatic carbocycles. The number of carbonyl (C=O) groups excluding carboxylic acids is 1. The van der Waals surface area contributed by atoms with Gasteiger partial charge in [0.25, 0.3) is 0 Å². The molecule has 1 N–H and O–H groups in total. The Hall–Kier alpha value is -3.97. The summed E-state index contributed by atoms with van der Waals surface area (Å²) in [6, 6.07) is 14.7. The number of benzene rings is 2. The molecule has 0 amide bonds. The number of ether oxygens (including phenoxy) is 3. The largest absolute Gasteiger partial charge is 0.493 e. The Morgan fingerprint density at radius 3 is 2.68 bits per heavy atom. The zero-order valence-corrected chi connectivity index (χ0v) is 22.6. The van der Waals surface area contributed by atoms with Gasteiger partial charge < -0.3 is 19.5 Å². The van der Waals surface area contributed by atoms with Crippen LogP contribution in [0.1, 0.15) is 25.5 Å². The molecule has 0 fully saturated rings. The van der Waals surface area contributed by atoms with Crippen LogP contribution in [0.4, 0.5) is 5.95 Å². The molecule has 0 radical (unpaired) electrons. The molecule has 13 heteroatoms. The summed E-state index contributed by atoms with van der Waals surface area (Å²) >= 11 is 2.96. The number of rotatable bonds is 10. The Morgan fingerprint density at radius 2 is 1.92 bits per heavy atom.